The van der Waals surface area contributed by atoms with Crippen LogP contribution in [0.15, 0.2) is 24.4 Å². The van der Waals surface area contributed by atoms with Crippen molar-refractivity contribution >= 4 is 29.6 Å². The molecular weight excluding hydrogens is 415 g/mol. The Morgan fingerprint density at radius 3 is 2.88 bits per heavy atom. The van der Waals surface area contributed by atoms with E-state index in [0.717, 1.165) is 12.8 Å². The number of hydrogen-bond donors (Lipinski definition) is 3. The standard InChI is InChI=1S/C22H21FN6O3/c23-22-7-14(8-22)29(20-15(22)5-4-13(11-30)26-20)21(32)28-19-6-17(12(9-24)10-25-19)27-16-2-1-3-18(16)31/h4-6,10-11,14,16,18,31H,1-3,7-8H2,(H2,25,27,28,32)/t14?,16-,18-,22?/m1/s1. The molecule has 2 atom stereocenters. The fourth-order valence-corrected chi connectivity index (χ4v) is 4.80. The topological polar surface area (TPSA) is 131 Å². The Labute approximate surface area is 183 Å². The molecule has 0 unspecified atom stereocenters. The number of aromatic nitrogens is 2. The van der Waals surface area contributed by atoms with E-state index in [1.807, 2.05) is 0 Å². The van der Waals surface area contributed by atoms with Gasteiger partial charge >= 0.3 is 6.03 Å². The summed E-state index contributed by atoms with van der Waals surface area (Å²) in [7, 11) is 0. The number of aliphatic hydroxyl groups excluding tert-OH is 1. The highest BCUT2D eigenvalue weighted by Gasteiger charge is 2.57. The summed E-state index contributed by atoms with van der Waals surface area (Å²) in [4.78, 5) is 34.0. The van der Waals surface area contributed by atoms with Gasteiger partial charge in [-0.2, -0.15) is 5.26 Å². The van der Waals surface area contributed by atoms with Gasteiger partial charge in [-0.05, 0) is 31.4 Å². The van der Waals surface area contributed by atoms with Crippen molar-refractivity contribution in [1.29, 1.82) is 5.26 Å². The quantitative estimate of drug-likeness (QED) is 0.628. The predicted octanol–water partition coefficient (Wildman–Crippen LogP) is 2.87. The number of carbonyl (C=O) groups excluding carboxylic acids is 2. The molecule has 0 saturated heterocycles. The minimum atomic E-state index is -1.53. The van der Waals surface area contributed by atoms with Crippen LogP contribution in [0.25, 0.3) is 0 Å². The van der Waals surface area contributed by atoms with Gasteiger partial charge in [0.05, 0.1) is 23.4 Å². The number of rotatable bonds is 4. The largest absolute Gasteiger partial charge is 0.391 e. The minimum absolute atomic E-state index is 0.115. The van der Waals surface area contributed by atoms with Crippen molar-refractivity contribution < 1.29 is 19.1 Å². The fourth-order valence-electron chi connectivity index (χ4n) is 4.80. The van der Waals surface area contributed by atoms with Gasteiger partial charge in [-0.1, -0.05) is 0 Å². The molecular formula is C22H21FN6O3. The number of aldehydes is 1. The zero-order valence-electron chi connectivity index (χ0n) is 17.1. The molecule has 2 bridgehead atoms. The molecule has 32 heavy (non-hydrogen) atoms. The molecule has 2 amide bonds. The smallest absolute Gasteiger partial charge is 0.328 e. The molecule has 0 spiro atoms. The Morgan fingerprint density at radius 2 is 2.19 bits per heavy atom. The lowest BCUT2D eigenvalue weighted by Crippen LogP contribution is -2.60. The molecule has 10 heteroatoms. The summed E-state index contributed by atoms with van der Waals surface area (Å²) in [6.07, 6.45) is 4.09. The molecule has 2 saturated carbocycles. The van der Waals surface area contributed by atoms with Crippen molar-refractivity contribution in [3.63, 3.8) is 0 Å². The van der Waals surface area contributed by atoms with E-state index in [1.165, 1.54) is 23.2 Å². The lowest BCUT2D eigenvalue weighted by atomic mass is 9.69. The number of nitriles is 1. The molecule has 9 nitrogen and oxygen atoms in total. The van der Waals surface area contributed by atoms with Crippen LogP contribution >= 0.6 is 0 Å². The number of amides is 2. The van der Waals surface area contributed by atoms with Crippen molar-refractivity contribution in [3.8, 4) is 6.07 Å². The highest BCUT2D eigenvalue weighted by molar-refractivity contribution is 6.03. The number of alkyl halides is 1. The molecule has 0 radical (unpaired) electrons. The maximum absolute atomic E-state index is 15.0. The first-order chi connectivity index (χ1) is 15.4. The Morgan fingerprint density at radius 1 is 1.38 bits per heavy atom. The highest BCUT2D eigenvalue weighted by atomic mass is 19.1. The van der Waals surface area contributed by atoms with E-state index in [1.54, 1.807) is 6.07 Å². The number of aliphatic hydroxyl groups is 1. The number of nitrogens with one attached hydrogen (secondary N) is 2. The van der Waals surface area contributed by atoms with Gasteiger partial charge < -0.3 is 10.4 Å². The number of anilines is 3. The van der Waals surface area contributed by atoms with Gasteiger partial charge in [0, 0.05) is 36.7 Å². The van der Waals surface area contributed by atoms with Gasteiger partial charge in [-0.15, -0.1) is 0 Å². The molecule has 2 aliphatic carbocycles. The predicted molar refractivity (Wildman–Crippen MR) is 113 cm³/mol. The van der Waals surface area contributed by atoms with Crippen LogP contribution in [0.3, 0.4) is 0 Å². The van der Waals surface area contributed by atoms with E-state index in [2.05, 4.69) is 26.7 Å². The Kier molecular flexibility index (Phi) is 4.78. The van der Waals surface area contributed by atoms with E-state index in [4.69, 9.17) is 0 Å². The van der Waals surface area contributed by atoms with Crippen molar-refractivity contribution in [2.75, 3.05) is 15.5 Å². The average molecular weight is 436 g/mol. The van der Waals surface area contributed by atoms with E-state index >= 15 is 4.39 Å². The van der Waals surface area contributed by atoms with E-state index in [-0.39, 0.29) is 42.3 Å². The Hall–Kier alpha value is -3.58. The monoisotopic (exact) mass is 436 g/mol. The summed E-state index contributed by atoms with van der Waals surface area (Å²) >= 11 is 0. The minimum Gasteiger partial charge on any atom is -0.391 e. The van der Waals surface area contributed by atoms with Crippen LogP contribution in [0, 0.1) is 11.3 Å². The van der Waals surface area contributed by atoms with E-state index in [0.29, 0.717) is 29.5 Å². The third kappa shape index (κ3) is 3.26. The van der Waals surface area contributed by atoms with Gasteiger partial charge in [0.25, 0.3) is 0 Å². The summed E-state index contributed by atoms with van der Waals surface area (Å²) in [5.41, 5.74) is -0.355. The first kappa shape index (κ1) is 20.3. The molecule has 6 rings (SSSR count). The maximum atomic E-state index is 15.0. The number of carbonyl (C=O) groups is 2. The molecule has 4 heterocycles. The lowest BCUT2D eigenvalue weighted by Gasteiger charge is -2.52. The van der Waals surface area contributed by atoms with Crippen LogP contribution < -0.4 is 15.5 Å². The van der Waals surface area contributed by atoms with Crippen molar-refractivity contribution in [1.82, 2.24) is 9.97 Å². The normalized spacial score (nSPS) is 27.7. The van der Waals surface area contributed by atoms with Gasteiger partial charge in [-0.3, -0.25) is 15.0 Å². The molecule has 2 aromatic rings. The number of hydrogen-bond acceptors (Lipinski definition) is 7. The second-order valence-corrected chi connectivity index (χ2v) is 8.53. The number of urea groups is 1. The van der Waals surface area contributed by atoms with Crippen molar-refractivity contribution in [2.45, 2.75) is 56.0 Å². The summed E-state index contributed by atoms with van der Waals surface area (Å²) < 4.78 is 15.0. The van der Waals surface area contributed by atoms with E-state index < -0.39 is 17.8 Å². The summed E-state index contributed by atoms with van der Waals surface area (Å²) in [6, 6.07) is 5.46. The summed E-state index contributed by atoms with van der Waals surface area (Å²) in [5, 5.41) is 25.4. The maximum Gasteiger partial charge on any atom is 0.328 e. The van der Waals surface area contributed by atoms with Crippen molar-refractivity contribution in [2.24, 2.45) is 0 Å². The number of halogens is 1. The average Bonchev–Trinajstić information content (AvgIpc) is 3.17. The highest BCUT2D eigenvalue weighted by Crippen LogP contribution is 2.55. The molecule has 0 aromatic carbocycles. The van der Waals surface area contributed by atoms with Gasteiger partial charge in [0.15, 0.2) is 6.29 Å². The first-order valence-corrected chi connectivity index (χ1v) is 10.5. The van der Waals surface area contributed by atoms with Gasteiger partial charge in [0.1, 0.15) is 29.1 Å². The lowest BCUT2D eigenvalue weighted by molar-refractivity contribution is 0.0284. The summed E-state index contributed by atoms with van der Waals surface area (Å²) in [6.45, 7) is 0. The second-order valence-electron chi connectivity index (χ2n) is 8.53. The van der Waals surface area contributed by atoms with Crippen LogP contribution in [0.2, 0.25) is 0 Å². The first-order valence-electron chi connectivity index (χ1n) is 10.5. The molecule has 2 fully saturated rings. The second kappa shape index (κ2) is 7.53. The van der Waals surface area contributed by atoms with Gasteiger partial charge in [-0.25, -0.2) is 19.2 Å². The molecule has 164 valence electrons. The Balaban J connectivity index is 1.41. The fraction of sp³-hybridized carbons (Fsp3) is 0.409. The van der Waals surface area contributed by atoms with E-state index in [9.17, 15) is 20.0 Å². The molecule has 3 N–H and O–H groups in total. The molecule has 2 aromatic heterocycles. The molecule has 2 aliphatic heterocycles. The number of pyridine rings is 2. The van der Waals surface area contributed by atoms with Crippen LogP contribution in [-0.4, -0.2) is 45.6 Å². The zero-order chi connectivity index (χ0) is 22.5. The zero-order valence-corrected chi connectivity index (χ0v) is 17.1. The van der Waals surface area contributed by atoms with Crippen LogP contribution in [0.1, 0.15) is 53.7 Å². The van der Waals surface area contributed by atoms with Crippen LogP contribution in [0.4, 0.5) is 26.5 Å². The van der Waals surface area contributed by atoms with Gasteiger partial charge in [0.2, 0.25) is 0 Å². The third-order valence-corrected chi connectivity index (χ3v) is 6.51. The third-order valence-electron chi connectivity index (χ3n) is 6.51. The number of nitrogens with zero attached hydrogens (tertiary/aromatic N) is 4. The van der Waals surface area contributed by atoms with Crippen LogP contribution in [0.5, 0.6) is 0 Å². The SMILES string of the molecule is N#Cc1cnc(NC(=O)N2c3nc(C=O)ccc3C3(F)CC2C3)cc1N[C@@H]1CCC[C@H]1O. The summed E-state index contributed by atoms with van der Waals surface area (Å²) in [5.74, 6) is 0.339. The molecule has 4 aliphatic rings. The van der Waals surface area contributed by atoms with Crippen LogP contribution in [-0.2, 0) is 5.67 Å². The Bertz CT molecular complexity index is 1140. The van der Waals surface area contributed by atoms with Crippen molar-refractivity contribution in [3.05, 3.63) is 41.2 Å².